The number of carbonyl (C=O) groups is 3. The molecule has 0 heterocycles. The van der Waals surface area contributed by atoms with Gasteiger partial charge in [-0.25, -0.2) is 0 Å². The van der Waals surface area contributed by atoms with Crippen molar-refractivity contribution in [3.8, 4) is 0 Å². The number of unbranched alkanes of at least 4 members (excludes halogenated alkanes) is 8. The standard InChI is InChI=1S/C23H44N2O6/c1-4-25(5-2)22(27)20-31-18-17-30-19-21(26)24(3)16-14-12-10-8-6-7-9-11-13-15-23(28)29/h4-20H2,1-3H3,(H,28,29). The van der Waals surface area contributed by atoms with Crippen LogP contribution in [0.15, 0.2) is 0 Å². The predicted octanol–water partition coefficient (Wildman–Crippen LogP) is 3.33. The van der Waals surface area contributed by atoms with Gasteiger partial charge in [0.05, 0.1) is 13.2 Å². The van der Waals surface area contributed by atoms with Crippen LogP contribution in [0.3, 0.4) is 0 Å². The van der Waals surface area contributed by atoms with E-state index in [0.717, 1.165) is 45.1 Å². The SMILES string of the molecule is CCN(CC)C(=O)COCCOCC(=O)N(C)CCCCCCCCCCCC(=O)O. The van der Waals surface area contributed by atoms with Gasteiger partial charge in [-0.2, -0.15) is 0 Å². The van der Waals surface area contributed by atoms with Gasteiger partial charge in [0.15, 0.2) is 0 Å². The first kappa shape index (κ1) is 29.3. The van der Waals surface area contributed by atoms with Gasteiger partial charge in [-0.05, 0) is 26.7 Å². The molecule has 0 aliphatic carbocycles. The summed E-state index contributed by atoms with van der Waals surface area (Å²) in [6.07, 6.45) is 9.98. The lowest BCUT2D eigenvalue weighted by Crippen LogP contribution is -2.34. The van der Waals surface area contributed by atoms with Crippen LogP contribution in [0.5, 0.6) is 0 Å². The van der Waals surface area contributed by atoms with Crippen LogP contribution >= 0.6 is 0 Å². The number of rotatable bonds is 21. The Morgan fingerprint density at radius 2 is 1.16 bits per heavy atom. The van der Waals surface area contributed by atoms with Gasteiger partial charge in [0.1, 0.15) is 13.2 Å². The molecule has 2 amide bonds. The summed E-state index contributed by atoms with van der Waals surface area (Å²) in [5.74, 6) is -0.778. The van der Waals surface area contributed by atoms with Gasteiger partial charge in [-0.15, -0.1) is 0 Å². The fourth-order valence-electron chi connectivity index (χ4n) is 3.20. The molecule has 0 rings (SSSR count). The van der Waals surface area contributed by atoms with Crippen molar-refractivity contribution in [2.24, 2.45) is 0 Å². The highest BCUT2D eigenvalue weighted by atomic mass is 16.5. The Labute approximate surface area is 188 Å². The van der Waals surface area contributed by atoms with Gasteiger partial charge in [-0.1, -0.05) is 44.9 Å². The molecule has 0 unspecified atom stereocenters. The molecule has 0 atom stereocenters. The number of hydrogen-bond donors (Lipinski definition) is 1. The number of carboxylic acid groups (broad SMARTS) is 1. The number of amides is 2. The smallest absolute Gasteiger partial charge is 0.303 e. The monoisotopic (exact) mass is 444 g/mol. The minimum absolute atomic E-state index is 0.0310. The van der Waals surface area contributed by atoms with E-state index >= 15 is 0 Å². The summed E-state index contributed by atoms with van der Waals surface area (Å²) < 4.78 is 10.7. The molecule has 0 aromatic carbocycles. The lowest BCUT2D eigenvalue weighted by atomic mass is 10.1. The zero-order valence-electron chi connectivity index (χ0n) is 19.9. The molecule has 0 aromatic rings. The van der Waals surface area contributed by atoms with E-state index in [4.69, 9.17) is 14.6 Å². The van der Waals surface area contributed by atoms with Crippen molar-refractivity contribution in [3.63, 3.8) is 0 Å². The van der Waals surface area contributed by atoms with Crippen LogP contribution in [0.25, 0.3) is 0 Å². The maximum atomic E-state index is 12.0. The van der Waals surface area contributed by atoms with Crippen LogP contribution < -0.4 is 0 Å². The molecule has 0 saturated heterocycles. The molecule has 0 bridgehead atoms. The highest BCUT2D eigenvalue weighted by molar-refractivity contribution is 5.77. The maximum Gasteiger partial charge on any atom is 0.303 e. The third-order valence-corrected chi connectivity index (χ3v) is 5.25. The quantitative estimate of drug-likeness (QED) is 0.273. The summed E-state index contributed by atoms with van der Waals surface area (Å²) in [6.45, 7) is 6.61. The fourth-order valence-corrected chi connectivity index (χ4v) is 3.20. The second kappa shape index (κ2) is 20.2. The Morgan fingerprint density at radius 1 is 0.710 bits per heavy atom. The van der Waals surface area contributed by atoms with Crippen molar-refractivity contribution in [1.29, 1.82) is 0 Å². The molecule has 0 saturated carbocycles. The molecule has 8 heteroatoms. The summed E-state index contributed by atoms with van der Waals surface area (Å²) in [5, 5.41) is 8.58. The van der Waals surface area contributed by atoms with Crippen LogP contribution in [0.4, 0.5) is 0 Å². The van der Waals surface area contributed by atoms with Crippen LogP contribution in [-0.4, -0.2) is 85.8 Å². The Hall–Kier alpha value is -1.67. The number of ether oxygens (including phenoxy) is 2. The molecule has 31 heavy (non-hydrogen) atoms. The second-order valence-corrected chi connectivity index (χ2v) is 7.81. The van der Waals surface area contributed by atoms with E-state index in [0.29, 0.717) is 26.3 Å². The number of nitrogens with zero attached hydrogens (tertiary/aromatic N) is 2. The molecule has 0 aliphatic rings. The third-order valence-electron chi connectivity index (χ3n) is 5.25. The van der Waals surface area contributed by atoms with Crippen LogP contribution in [0, 0.1) is 0 Å². The van der Waals surface area contributed by atoms with E-state index in [9.17, 15) is 14.4 Å². The fraction of sp³-hybridized carbons (Fsp3) is 0.870. The van der Waals surface area contributed by atoms with E-state index in [1.807, 2.05) is 13.8 Å². The molecule has 0 radical (unpaired) electrons. The van der Waals surface area contributed by atoms with Gasteiger partial charge in [0.2, 0.25) is 11.8 Å². The molecule has 8 nitrogen and oxygen atoms in total. The van der Waals surface area contributed by atoms with Crippen LogP contribution in [-0.2, 0) is 23.9 Å². The molecule has 0 aromatic heterocycles. The summed E-state index contributed by atoms with van der Waals surface area (Å²) in [5.41, 5.74) is 0. The highest BCUT2D eigenvalue weighted by Gasteiger charge is 2.10. The number of likely N-dealkylation sites (N-methyl/N-ethyl adjacent to an activating group) is 2. The van der Waals surface area contributed by atoms with Crippen molar-refractivity contribution < 1.29 is 29.0 Å². The van der Waals surface area contributed by atoms with Crippen molar-refractivity contribution in [2.75, 3.05) is 53.1 Å². The zero-order chi connectivity index (χ0) is 23.3. The molecule has 1 N–H and O–H groups in total. The lowest BCUT2D eigenvalue weighted by Gasteiger charge is -2.18. The summed E-state index contributed by atoms with van der Waals surface area (Å²) in [4.78, 5) is 37.7. The van der Waals surface area contributed by atoms with Crippen molar-refractivity contribution in [1.82, 2.24) is 9.80 Å². The number of hydrogen-bond acceptors (Lipinski definition) is 5. The Balaban J connectivity index is 3.50. The number of carbonyl (C=O) groups excluding carboxylic acids is 2. The van der Waals surface area contributed by atoms with E-state index in [-0.39, 0.29) is 31.4 Å². The predicted molar refractivity (Wildman–Crippen MR) is 121 cm³/mol. The number of carboxylic acids is 1. The third kappa shape index (κ3) is 17.7. The zero-order valence-corrected chi connectivity index (χ0v) is 19.9. The first-order chi connectivity index (χ1) is 14.9. The largest absolute Gasteiger partial charge is 0.481 e. The van der Waals surface area contributed by atoms with Crippen molar-refractivity contribution >= 4 is 17.8 Å². The average molecular weight is 445 g/mol. The number of aliphatic carboxylic acids is 1. The van der Waals surface area contributed by atoms with Crippen LogP contribution in [0.2, 0.25) is 0 Å². The van der Waals surface area contributed by atoms with Crippen LogP contribution in [0.1, 0.15) is 78.1 Å². The molecular weight excluding hydrogens is 400 g/mol. The van der Waals surface area contributed by atoms with E-state index in [2.05, 4.69) is 0 Å². The molecule has 182 valence electrons. The van der Waals surface area contributed by atoms with Crippen molar-refractivity contribution in [3.05, 3.63) is 0 Å². The second-order valence-electron chi connectivity index (χ2n) is 7.81. The van der Waals surface area contributed by atoms with E-state index in [1.54, 1.807) is 16.8 Å². The van der Waals surface area contributed by atoms with E-state index in [1.165, 1.54) is 19.3 Å². The Kier molecular flexibility index (Phi) is 19.2. The van der Waals surface area contributed by atoms with Crippen molar-refractivity contribution in [2.45, 2.75) is 78.1 Å². The highest BCUT2D eigenvalue weighted by Crippen LogP contribution is 2.10. The first-order valence-corrected chi connectivity index (χ1v) is 11.8. The summed E-state index contributed by atoms with van der Waals surface area (Å²) in [6, 6.07) is 0. The minimum atomic E-state index is -0.705. The van der Waals surface area contributed by atoms with Gasteiger partial charge in [0, 0.05) is 33.1 Å². The normalized spacial score (nSPS) is 10.8. The minimum Gasteiger partial charge on any atom is -0.481 e. The van der Waals surface area contributed by atoms with E-state index < -0.39 is 5.97 Å². The molecular formula is C23H44N2O6. The lowest BCUT2D eigenvalue weighted by molar-refractivity contribution is -0.138. The topological polar surface area (TPSA) is 96.4 Å². The van der Waals surface area contributed by atoms with Gasteiger partial charge in [0.25, 0.3) is 0 Å². The molecule has 0 spiro atoms. The van der Waals surface area contributed by atoms with Gasteiger partial charge in [-0.3, -0.25) is 14.4 Å². The maximum absolute atomic E-state index is 12.0. The Morgan fingerprint density at radius 3 is 1.65 bits per heavy atom. The Bertz CT molecular complexity index is 483. The first-order valence-electron chi connectivity index (χ1n) is 11.8. The summed E-state index contributed by atoms with van der Waals surface area (Å²) in [7, 11) is 1.79. The summed E-state index contributed by atoms with van der Waals surface area (Å²) >= 11 is 0. The van der Waals surface area contributed by atoms with Gasteiger partial charge < -0.3 is 24.4 Å². The van der Waals surface area contributed by atoms with Gasteiger partial charge >= 0.3 is 5.97 Å². The molecule has 0 fully saturated rings. The average Bonchev–Trinajstić information content (AvgIpc) is 2.74. The molecule has 0 aliphatic heterocycles.